The third-order valence-electron chi connectivity index (χ3n) is 2.94. The standard InChI is InChI=1S/C13H17NO4/c1-16-13(15)11-6-10(2-3-12(11)14)18-8-9-4-5-17-7-9/h2-3,6,9H,4-5,7-8,14H2,1H3. The molecule has 2 N–H and O–H groups in total. The van der Waals surface area contributed by atoms with Crippen molar-refractivity contribution < 1.29 is 19.0 Å². The molecule has 1 aromatic carbocycles. The molecule has 1 aliphatic rings. The summed E-state index contributed by atoms with van der Waals surface area (Å²) in [5.74, 6) is 0.586. The summed E-state index contributed by atoms with van der Waals surface area (Å²) in [6, 6.07) is 5.00. The van der Waals surface area contributed by atoms with Gasteiger partial charge in [-0.15, -0.1) is 0 Å². The van der Waals surface area contributed by atoms with Crippen LogP contribution in [0.15, 0.2) is 18.2 Å². The number of benzene rings is 1. The number of rotatable bonds is 4. The molecule has 0 saturated carbocycles. The zero-order chi connectivity index (χ0) is 13.0. The van der Waals surface area contributed by atoms with E-state index in [4.69, 9.17) is 15.2 Å². The highest BCUT2D eigenvalue weighted by atomic mass is 16.5. The lowest BCUT2D eigenvalue weighted by atomic mass is 10.1. The van der Waals surface area contributed by atoms with Crippen LogP contribution in [0.25, 0.3) is 0 Å². The molecule has 1 aromatic rings. The van der Waals surface area contributed by atoms with Crippen molar-refractivity contribution in [3.63, 3.8) is 0 Å². The molecule has 98 valence electrons. The van der Waals surface area contributed by atoms with Crippen LogP contribution in [-0.2, 0) is 9.47 Å². The molecule has 1 atom stereocenters. The Bertz CT molecular complexity index is 427. The van der Waals surface area contributed by atoms with E-state index in [1.165, 1.54) is 7.11 Å². The van der Waals surface area contributed by atoms with Crippen LogP contribution in [0, 0.1) is 5.92 Å². The lowest BCUT2D eigenvalue weighted by Crippen LogP contribution is -2.12. The molecule has 0 aromatic heterocycles. The highest BCUT2D eigenvalue weighted by Crippen LogP contribution is 2.22. The SMILES string of the molecule is COC(=O)c1cc(OCC2CCOC2)ccc1N. The summed E-state index contributed by atoms with van der Waals surface area (Å²) in [7, 11) is 1.32. The minimum Gasteiger partial charge on any atom is -0.493 e. The van der Waals surface area contributed by atoms with Gasteiger partial charge in [0.15, 0.2) is 0 Å². The topological polar surface area (TPSA) is 70.8 Å². The van der Waals surface area contributed by atoms with Crippen molar-refractivity contribution in [2.75, 3.05) is 32.7 Å². The number of methoxy groups -OCH3 is 1. The summed E-state index contributed by atoms with van der Waals surface area (Å²) < 4.78 is 15.6. The summed E-state index contributed by atoms with van der Waals surface area (Å²) in [6.07, 6.45) is 1.01. The number of hydrogen-bond acceptors (Lipinski definition) is 5. The van der Waals surface area contributed by atoms with Crippen LogP contribution in [0.5, 0.6) is 5.75 Å². The molecule has 0 amide bonds. The monoisotopic (exact) mass is 251 g/mol. The quantitative estimate of drug-likeness (QED) is 0.648. The smallest absolute Gasteiger partial charge is 0.340 e. The first-order chi connectivity index (χ1) is 8.70. The summed E-state index contributed by atoms with van der Waals surface area (Å²) in [4.78, 5) is 11.5. The molecule has 1 unspecified atom stereocenters. The maximum Gasteiger partial charge on any atom is 0.340 e. The van der Waals surface area contributed by atoms with Crippen LogP contribution in [-0.4, -0.2) is 32.9 Å². The van der Waals surface area contributed by atoms with Gasteiger partial charge in [-0.25, -0.2) is 4.79 Å². The average Bonchev–Trinajstić information content (AvgIpc) is 2.90. The summed E-state index contributed by atoms with van der Waals surface area (Å²) in [6.45, 7) is 2.12. The molecule has 5 heteroatoms. The third kappa shape index (κ3) is 2.92. The van der Waals surface area contributed by atoms with E-state index in [2.05, 4.69) is 4.74 Å². The Morgan fingerprint density at radius 1 is 1.56 bits per heavy atom. The molecule has 1 heterocycles. The second-order valence-corrected chi connectivity index (χ2v) is 4.28. The Hall–Kier alpha value is -1.75. The van der Waals surface area contributed by atoms with Gasteiger partial charge in [0, 0.05) is 18.2 Å². The van der Waals surface area contributed by atoms with E-state index in [-0.39, 0.29) is 0 Å². The first-order valence-electron chi connectivity index (χ1n) is 5.89. The fourth-order valence-electron chi connectivity index (χ4n) is 1.84. The first kappa shape index (κ1) is 12.7. The maximum atomic E-state index is 11.5. The van der Waals surface area contributed by atoms with Crippen molar-refractivity contribution in [3.05, 3.63) is 23.8 Å². The zero-order valence-corrected chi connectivity index (χ0v) is 10.3. The highest BCUT2D eigenvalue weighted by molar-refractivity contribution is 5.95. The molecule has 2 rings (SSSR count). The van der Waals surface area contributed by atoms with Crippen LogP contribution < -0.4 is 10.5 Å². The van der Waals surface area contributed by atoms with Crippen molar-refractivity contribution in [1.29, 1.82) is 0 Å². The summed E-state index contributed by atoms with van der Waals surface area (Å²) in [5.41, 5.74) is 6.43. The van der Waals surface area contributed by atoms with Crippen molar-refractivity contribution in [2.45, 2.75) is 6.42 Å². The fourth-order valence-corrected chi connectivity index (χ4v) is 1.84. The van der Waals surface area contributed by atoms with Crippen LogP contribution in [0.2, 0.25) is 0 Å². The van der Waals surface area contributed by atoms with E-state index < -0.39 is 5.97 Å². The van der Waals surface area contributed by atoms with Gasteiger partial charge in [0.25, 0.3) is 0 Å². The molecular formula is C13H17NO4. The van der Waals surface area contributed by atoms with Crippen LogP contribution in [0.1, 0.15) is 16.8 Å². The summed E-state index contributed by atoms with van der Waals surface area (Å²) >= 11 is 0. The Morgan fingerprint density at radius 2 is 2.39 bits per heavy atom. The number of nitrogen functional groups attached to an aromatic ring is 1. The number of carbonyl (C=O) groups excluding carboxylic acids is 1. The van der Waals surface area contributed by atoms with Gasteiger partial charge in [-0.1, -0.05) is 0 Å². The average molecular weight is 251 g/mol. The largest absolute Gasteiger partial charge is 0.493 e. The molecule has 1 aliphatic heterocycles. The molecule has 1 saturated heterocycles. The van der Waals surface area contributed by atoms with Crippen molar-refractivity contribution in [3.8, 4) is 5.75 Å². The Labute approximate surface area is 106 Å². The molecular weight excluding hydrogens is 234 g/mol. The minimum atomic E-state index is -0.456. The van der Waals surface area contributed by atoms with Crippen LogP contribution >= 0.6 is 0 Å². The molecule has 18 heavy (non-hydrogen) atoms. The first-order valence-corrected chi connectivity index (χ1v) is 5.89. The van der Waals surface area contributed by atoms with Crippen molar-refractivity contribution >= 4 is 11.7 Å². The summed E-state index contributed by atoms with van der Waals surface area (Å²) in [5, 5.41) is 0. The number of hydrogen-bond donors (Lipinski definition) is 1. The highest BCUT2D eigenvalue weighted by Gasteiger charge is 2.17. The maximum absolute atomic E-state index is 11.5. The van der Waals surface area contributed by atoms with Gasteiger partial charge in [0.2, 0.25) is 0 Å². The van der Waals surface area contributed by atoms with Gasteiger partial charge >= 0.3 is 5.97 Å². The molecule has 0 aliphatic carbocycles. The van der Waals surface area contributed by atoms with Gasteiger partial charge in [-0.2, -0.15) is 0 Å². The van der Waals surface area contributed by atoms with Gasteiger partial charge in [0.1, 0.15) is 5.75 Å². The second-order valence-electron chi connectivity index (χ2n) is 4.28. The molecule has 0 bridgehead atoms. The molecule has 1 fully saturated rings. The van der Waals surface area contributed by atoms with Crippen molar-refractivity contribution in [2.24, 2.45) is 5.92 Å². The van der Waals surface area contributed by atoms with Gasteiger partial charge < -0.3 is 19.9 Å². The van der Waals surface area contributed by atoms with E-state index in [9.17, 15) is 4.79 Å². The Balaban J connectivity index is 2.02. The Morgan fingerprint density at radius 3 is 3.06 bits per heavy atom. The number of esters is 1. The normalized spacial score (nSPS) is 18.6. The van der Waals surface area contributed by atoms with E-state index in [0.717, 1.165) is 19.6 Å². The second kappa shape index (κ2) is 5.73. The van der Waals surface area contributed by atoms with Crippen LogP contribution in [0.4, 0.5) is 5.69 Å². The van der Waals surface area contributed by atoms with Gasteiger partial charge in [-0.3, -0.25) is 0 Å². The molecule has 5 nitrogen and oxygen atoms in total. The number of carbonyl (C=O) groups is 1. The van der Waals surface area contributed by atoms with Crippen molar-refractivity contribution in [1.82, 2.24) is 0 Å². The van der Waals surface area contributed by atoms with E-state index in [0.29, 0.717) is 29.5 Å². The zero-order valence-electron chi connectivity index (χ0n) is 10.3. The van der Waals surface area contributed by atoms with E-state index >= 15 is 0 Å². The molecule has 0 radical (unpaired) electrons. The number of nitrogens with two attached hydrogens (primary N) is 1. The Kier molecular flexibility index (Phi) is 4.04. The van der Waals surface area contributed by atoms with Gasteiger partial charge in [-0.05, 0) is 24.6 Å². The van der Waals surface area contributed by atoms with Gasteiger partial charge in [0.05, 0.1) is 25.9 Å². The minimum absolute atomic E-state index is 0.331. The number of anilines is 1. The lowest BCUT2D eigenvalue weighted by molar-refractivity contribution is 0.0601. The predicted molar refractivity (Wildman–Crippen MR) is 66.6 cm³/mol. The number of ether oxygens (including phenoxy) is 3. The van der Waals surface area contributed by atoms with E-state index in [1.54, 1.807) is 18.2 Å². The molecule has 0 spiro atoms. The van der Waals surface area contributed by atoms with Crippen LogP contribution in [0.3, 0.4) is 0 Å². The van der Waals surface area contributed by atoms with E-state index in [1.807, 2.05) is 0 Å². The predicted octanol–water partition coefficient (Wildman–Crippen LogP) is 1.47. The fraction of sp³-hybridized carbons (Fsp3) is 0.462. The lowest BCUT2D eigenvalue weighted by Gasteiger charge is -2.12. The third-order valence-corrected chi connectivity index (χ3v) is 2.94.